The molecule has 0 aliphatic carbocycles. The number of carbonyl (C=O) groups excluding carboxylic acids is 1. The number of nitrogens with zero attached hydrogens (tertiary/aromatic N) is 2. The molecule has 0 spiro atoms. The van der Waals surface area contributed by atoms with Crippen LogP contribution in [0.2, 0.25) is 0 Å². The zero-order valence-electron chi connectivity index (χ0n) is 19.4. The van der Waals surface area contributed by atoms with Crippen molar-refractivity contribution in [2.24, 2.45) is 5.73 Å². The second-order valence-electron chi connectivity index (χ2n) is 8.35. The minimum Gasteiger partial charge on any atom is -0.439 e. The Morgan fingerprint density at radius 2 is 1.54 bits per heavy atom. The molecule has 0 unspecified atom stereocenters. The van der Waals surface area contributed by atoms with E-state index in [1.807, 2.05) is 54.6 Å². The summed E-state index contributed by atoms with van der Waals surface area (Å²) in [7, 11) is 0. The van der Waals surface area contributed by atoms with Gasteiger partial charge in [0.1, 0.15) is 11.6 Å². The molecule has 0 saturated carbocycles. The SMILES string of the molecule is NC(=O)c1ccc(Oc2ccc(CCN(CCc3ccccc3F)Cc3ccccc3)cc2)nc1. The number of aromatic nitrogens is 1. The molecule has 0 bridgehead atoms. The van der Waals surface area contributed by atoms with Crippen molar-refractivity contribution < 1.29 is 13.9 Å². The van der Waals surface area contributed by atoms with E-state index in [1.54, 1.807) is 18.2 Å². The smallest absolute Gasteiger partial charge is 0.250 e. The van der Waals surface area contributed by atoms with Gasteiger partial charge in [-0.15, -0.1) is 0 Å². The second kappa shape index (κ2) is 11.9. The van der Waals surface area contributed by atoms with Crippen LogP contribution in [0.5, 0.6) is 11.6 Å². The minimum absolute atomic E-state index is 0.151. The molecule has 1 heterocycles. The lowest BCUT2D eigenvalue weighted by atomic mass is 10.1. The molecule has 2 N–H and O–H groups in total. The van der Waals surface area contributed by atoms with Crippen molar-refractivity contribution in [1.82, 2.24) is 9.88 Å². The highest BCUT2D eigenvalue weighted by atomic mass is 19.1. The number of hydrogen-bond acceptors (Lipinski definition) is 4. The number of halogens is 1. The van der Waals surface area contributed by atoms with Gasteiger partial charge in [-0.05, 0) is 53.8 Å². The van der Waals surface area contributed by atoms with E-state index >= 15 is 0 Å². The van der Waals surface area contributed by atoms with Gasteiger partial charge in [0.05, 0.1) is 5.56 Å². The maximum Gasteiger partial charge on any atom is 0.250 e. The average Bonchev–Trinajstić information content (AvgIpc) is 2.88. The van der Waals surface area contributed by atoms with E-state index in [-0.39, 0.29) is 5.82 Å². The quantitative estimate of drug-likeness (QED) is 0.319. The van der Waals surface area contributed by atoms with E-state index in [0.717, 1.165) is 31.6 Å². The van der Waals surface area contributed by atoms with Crippen LogP contribution in [0.4, 0.5) is 4.39 Å². The van der Waals surface area contributed by atoms with E-state index in [4.69, 9.17) is 10.5 Å². The predicted molar refractivity (Wildman–Crippen MR) is 135 cm³/mol. The van der Waals surface area contributed by atoms with Crippen molar-refractivity contribution in [3.05, 3.63) is 125 Å². The Morgan fingerprint density at radius 1 is 0.829 bits per heavy atom. The highest BCUT2D eigenvalue weighted by molar-refractivity contribution is 5.92. The zero-order chi connectivity index (χ0) is 24.5. The Morgan fingerprint density at radius 3 is 2.23 bits per heavy atom. The Labute approximate surface area is 205 Å². The molecule has 178 valence electrons. The van der Waals surface area contributed by atoms with Gasteiger partial charge in [-0.25, -0.2) is 9.37 Å². The van der Waals surface area contributed by atoms with Gasteiger partial charge in [0.25, 0.3) is 0 Å². The van der Waals surface area contributed by atoms with Crippen molar-refractivity contribution in [2.75, 3.05) is 13.1 Å². The summed E-state index contributed by atoms with van der Waals surface area (Å²) in [6.07, 6.45) is 2.92. The van der Waals surface area contributed by atoms with Crippen LogP contribution in [-0.4, -0.2) is 28.9 Å². The molecule has 0 radical (unpaired) electrons. The lowest BCUT2D eigenvalue weighted by molar-refractivity contribution is 0.1000. The molecule has 3 aromatic carbocycles. The van der Waals surface area contributed by atoms with Gasteiger partial charge < -0.3 is 10.5 Å². The molecule has 0 atom stereocenters. The molecule has 0 fully saturated rings. The number of nitrogens with two attached hydrogens (primary N) is 1. The monoisotopic (exact) mass is 469 g/mol. The van der Waals surface area contributed by atoms with E-state index in [0.29, 0.717) is 23.6 Å². The summed E-state index contributed by atoms with van der Waals surface area (Å²) < 4.78 is 19.9. The molecular formula is C29H28FN3O2. The van der Waals surface area contributed by atoms with E-state index in [9.17, 15) is 9.18 Å². The number of hydrogen-bond donors (Lipinski definition) is 1. The van der Waals surface area contributed by atoms with Gasteiger partial charge in [0, 0.05) is 31.9 Å². The van der Waals surface area contributed by atoms with Gasteiger partial charge in [-0.2, -0.15) is 0 Å². The number of rotatable bonds is 11. The highest BCUT2D eigenvalue weighted by Gasteiger charge is 2.10. The van der Waals surface area contributed by atoms with Gasteiger partial charge in [0.15, 0.2) is 0 Å². The number of pyridine rings is 1. The first-order valence-electron chi connectivity index (χ1n) is 11.6. The van der Waals surface area contributed by atoms with Crippen molar-refractivity contribution in [2.45, 2.75) is 19.4 Å². The van der Waals surface area contributed by atoms with Gasteiger partial charge >= 0.3 is 0 Å². The molecule has 0 aliphatic heterocycles. The Bertz CT molecular complexity index is 1230. The number of benzene rings is 3. The van der Waals surface area contributed by atoms with Gasteiger partial charge in [0.2, 0.25) is 11.8 Å². The average molecular weight is 470 g/mol. The lowest BCUT2D eigenvalue weighted by Crippen LogP contribution is -2.28. The molecule has 5 nitrogen and oxygen atoms in total. The second-order valence-corrected chi connectivity index (χ2v) is 8.35. The largest absolute Gasteiger partial charge is 0.439 e. The number of primary amides is 1. The van der Waals surface area contributed by atoms with Crippen LogP contribution in [0.3, 0.4) is 0 Å². The summed E-state index contributed by atoms with van der Waals surface area (Å²) in [5.74, 6) is 0.379. The fourth-order valence-corrected chi connectivity index (χ4v) is 3.81. The third kappa shape index (κ3) is 7.22. The minimum atomic E-state index is -0.524. The Balaban J connectivity index is 1.36. The van der Waals surface area contributed by atoms with Crippen LogP contribution >= 0.6 is 0 Å². The van der Waals surface area contributed by atoms with Crippen molar-refractivity contribution in [3.63, 3.8) is 0 Å². The van der Waals surface area contributed by atoms with Crippen LogP contribution in [-0.2, 0) is 19.4 Å². The lowest BCUT2D eigenvalue weighted by Gasteiger charge is -2.23. The summed E-state index contributed by atoms with van der Waals surface area (Å²) in [5, 5.41) is 0. The van der Waals surface area contributed by atoms with E-state index in [1.165, 1.54) is 23.4 Å². The molecule has 1 amide bonds. The van der Waals surface area contributed by atoms with E-state index < -0.39 is 5.91 Å². The summed E-state index contributed by atoms with van der Waals surface area (Å²) >= 11 is 0. The first-order chi connectivity index (χ1) is 17.1. The molecule has 0 aliphatic rings. The van der Waals surface area contributed by atoms with E-state index in [2.05, 4.69) is 22.0 Å². The predicted octanol–water partition coefficient (Wildman–Crippen LogP) is 5.40. The van der Waals surface area contributed by atoms with Crippen molar-refractivity contribution in [3.8, 4) is 11.6 Å². The highest BCUT2D eigenvalue weighted by Crippen LogP contribution is 2.20. The van der Waals surface area contributed by atoms with Crippen LogP contribution < -0.4 is 10.5 Å². The third-order valence-electron chi connectivity index (χ3n) is 5.79. The van der Waals surface area contributed by atoms with Crippen LogP contribution in [0, 0.1) is 5.82 Å². The molecule has 4 aromatic rings. The maximum absolute atomic E-state index is 14.1. The summed E-state index contributed by atoms with van der Waals surface area (Å²) in [5.41, 5.74) is 8.73. The maximum atomic E-state index is 14.1. The molecular weight excluding hydrogens is 441 g/mol. The van der Waals surface area contributed by atoms with Crippen LogP contribution in [0.1, 0.15) is 27.0 Å². The summed E-state index contributed by atoms with van der Waals surface area (Å²) in [4.78, 5) is 17.6. The third-order valence-corrected chi connectivity index (χ3v) is 5.79. The fourth-order valence-electron chi connectivity index (χ4n) is 3.81. The fraction of sp³-hybridized carbons (Fsp3) is 0.172. The first-order valence-corrected chi connectivity index (χ1v) is 11.6. The topological polar surface area (TPSA) is 68.5 Å². The Kier molecular flexibility index (Phi) is 8.20. The summed E-state index contributed by atoms with van der Waals surface area (Å²) in [6, 6.07) is 28.4. The standard InChI is InChI=1S/C29H28FN3O2/c30-27-9-5-4-8-24(27)17-19-33(21-23-6-2-1-3-7-23)18-16-22-10-13-26(14-11-22)35-28-15-12-25(20-32-28)29(31)34/h1-15,20H,16-19,21H2,(H2,31,34). The number of amides is 1. The number of ether oxygens (including phenoxy) is 1. The molecule has 6 heteroatoms. The number of carbonyl (C=O) groups is 1. The molecule has 1 aromatic heterocycles. The van der Waals surface area contributed by atoms with Crippen molar-refractivity contribution in [1.29, 1.82) is 0 Å². The van der Waals surface area contributed by atoms with Crippen molar-refractivity contribution >= 4 is 5.91 Å². The summed E-state index contributed by atoms with van der Waals surface area (Å²) in [6.45, 7) is 2.42. The molecule has 0 saturated heterocycles. The zero-order valence-corrected chi connectivity index (χ0v) is 19.4. The first kappa shape index (κ1) is 24.1. The van der Waals surface area contributed by atoms with Crippen LogP contribution in [0.15, 0.2) is 97.2 Å². The Hall–Kier alpha value is -4.03. The van der Waals surface area contributed by atoms with Gasteiger partial charge in [-0.1, -0.05) is 60.7 Å². The normalized spacial score (nSPS) is 10.9. The molecule has 4 rings (SSSR count). The van der Waals surface area contributed by atoms with Crippen LogP contribution in [0.25, 0.3) is 0 Å². The van der Waals surface area contributed by atoms with Gasteiger partial charge in [-0.3, -0.25) is 9.69 Å². The molecule has 35 heavy (non-hydrogen) atoms.